The van der Waals surface area contributed by atoms with Gasteiger partial charge in [-0.2, -0.15) is 0 Å². The van der Waals surface area contributed by atoms with E-state index >= 15 is 0 Å². The number of nitrogens with zero attached hydrogens (tertiary/aromatic N) is 2. The Hall–Kier alpha value is -2.79. The lowest BCUT2D eigenvalue weighted by Crippen LogP contribution is -2.47. The molecule has 2 aliphatic rings. The molecule has 0 aromatic heterocycles. The van der Waals surface area contributed by atoms with E-state index in [4.69, 9.17) is 4.74 Å². The molecule has 2 aliphatic heterocycles. The summed E-state index contributed by atoms with van der Waals surface area (Å²) in [6, 6.07) is 14.3. The number of carbonyl (C=O) groups is 1. The molecule has 1 saturated heterocycles. The molecule has 5 heteroatoms. The molecule has 0 saturated carbocycles. The zero-order valence-electron chi connectivity index (χ0n) is 16.0. The number of hydrazine groups is 1. The van der Waals surface area contributed by atoms with Crippen molar-refractivity contribution < 1.29 is 9.53 Å². The number of aryl methyl sites for hydroxylation is 2. The number of methoxy groups -OCH3 is 1. The number of carbonyl (C=O) groups excluding carboxylic acids is 1. The first-order valence-corrected chi connectivity index (χ1v) is 9.28. The van der Waals surface area contributed by atoms with Crippen molar-refractivity contribution in [2.24, 2.45) is 0 Å². The first-order chi connectivity index (χ1) is 13.0. The average molecular weight is 363 g/mol. The molecule has 1 N–H and O–H groups in total. The second-order valence-electron chi connectivity index (χ2n) is 7.31. The summed E-state index contributed by atoms with van der Waals surface area (Å²) in [4.78, 5) is 14.9. The maximum atomic E-state index is 13.1. The van der Waals surface area contributed by atoms with Crippen molar-refractivity contribution in [1.82, 2.24) is 15.3 Å². The molecule has 0 radical (unpaired) electrons. The Morgan fingerprint density at radius 2 is 2.00 bits per heavy atom. The van der Waals surface area contributed by atoms with E-state index in [0.29, 0.717) is 6.54 Å². The topological polar surface area (TPSA) is 44.8 Å². The fourth-order valence-electron chi connectivity index (χ4n) is 3.80. The smallest absolute Gasteiger partial charge is 0.251 e. The molecule has 0 bridgehead atoms. The third-order valence-electron chi connectivity index (χ3n) is 5.42. The predicted molar refractivity (Wildman–Crippen MR) is 105 cm³/mol. The number of hydrogen-bond acceptors (Lipinski definition) is 4. The van der Waals surface area contributed by atoms with Crippen LogP contribution in [0.3, 0.4) is 0 Å². The highest BCUT2D eigenvalue weighted by Gasteiger charge is 2.40. The highest BCUT2D eigenvalue weighted by Crippen LogP contribution is 2.32. The maximum absolute atomic E-state index is 13.1. The summed E-state index contributed by atoms with van der Waals surface area (Å²) >= 11 is 0. The lowest BCUT2D eigenvalue weighted by atomic mass is 10.00. The minimum atomic E-state index is -0.184. The van der Waals surface area contributed by atoms with Gasteiger partial charge in [-0.3, -0.25) is 4.79 Å². The van der Waals surface area contributed by atoms with Crippen molar-refractivity contribution in [2.75, 3.05) is 7.11 Å². The Morgan fingerprint density at radius 3 is 2.81 bits per heavy atom. The van der Waals surface area contributed by atoms with E-state index < -0.39 is 0 Å². The molecule has 4 rings (SSSR count). The van der Waals surface area contributed by atoms with Crippen LogP contribution in [0.2, 0.25) is 0 Å². The monoisotopic (exact) mass is 363 g/mol. The molecular formula is C22H25N3O2. The fourth-order valence-corrected chi connectivity index (χ4v) is 3.80. The van der Waals surface area contributed by atoms with Crippen molar-refractivity contribution in [1.29, 1.82) is 0 Å². The van der Waals surface area contributed by atoms with E-state index in [1.54, 1.807) is 7.11 Å². The van der Waals surface area contributed by atoms with Gasteiger partial charge in [-0.15, -0.1) is 0 Å². The second-order valence-corrected chi connectivity index (χ2v) is 7.31. The third-order valence-corrected chi connectivity index (χ3v) is 5.42. The van der Waals surface area contributed by atoms with E-state index in [2.05, 4.69) is 43.5 Å². The largest absolute Gasteiger partial charge is 0.497 e. The van der Waals surface area contributed by atoms with Crippen LogP contribution in [0.5, 0.6) is 5.75 Å². The van der Waals surface area contributed by atoms with Crippen LogP contribution in [0.15, 0.2) is 54.9 Å². The highest BCUT2D eigenvalue weighted by molar-refractivity contribution is 5.84. The summed E-state index contributed by atoms with van der Waals surface area (Å²) in [5, 5.41) is 1.94. The lowest BCUT2D eigenvalue weighted by molar-refractivity contribution is -0.134. The maximum Gasteiger partial charge on any atom is 0.251 e. The molecule has 2 aromatic rings. The number of amides is 1. The molecule has 0 aliphatic carbocycles. The van der Waals surface area contributed by atoms with Crippen LogP contribution < -0.4 is 10.2 Å². The highest BCUT2D eigenvalue weighted by atomic mass is 16.5. The molecule has 2 aromatic carbocycles. The number of rotatable bonds is 4. The van der Waals surface area contributed by atoms with Crippen molar-refractivity contribution >= 4 is 5.91 Å². The van der Waals surface area contributed by atoms with Crippen molar-refractivity contribution in [2.45, 2.75) is 38.9 Å². The van der Waals surface area contributed by atoms with Crippen LogP contribution in [0.25, 0.3) is 0 Å². The van der Waals surface area contributed by atoms with Gasteiger partial charge in [-0.05, 0) is 49.1 Å². The van der Waals surface area contributed by atoms with Gasteiger partial charge < -0.3 is 14.6 Å². The minimum Gasteiger partial charge on any atom is -0.497 e. The molecule has 1 fully saturated rings. The van der Waals surface area contributed by atoms with Gasteiger partial charge in [0, 0.05) is 12.4 Å². The standard InChI is InChI=1S/C22H25N3O2/c1-15-7-8-16(2)18(11-15)14-24-9-10-25-21(22(24)26)13-20(23-25)17-5-4-6-19(12-17)27-3/h4-12,20-21,23H,13-14H2,1-3H3. The first kappa shape index (κ1) is 17.6. The van der Waals surface area contributed by atoms with Gasteiger partial charge >= 0.3 is 0 Å². The van der Waals surface area contributed by atoms with E-state index in [0.717, 1.165) is 17.7 Å². The summed E-state index contributed by atoms with van der Waals surface area (Å²) in [6.07, 6.45) is 4.58. The number of benzene rings is 2. The van der Waals surface area contributed by atoms with Crippen molar-refractivity contribution in [3.8, 4) is 5.75 Å². The van der Waals surface area contributed by atoms with Crippen LogP contribution in [-0.4, -0.2) is 29.0 Å². The van der Waals surface area contributed by atoms with E-state index in [-0.39, 0.29) is 18.0 Å². The molecule has 27 heavy (non-hydrogen) atoms. The third kappa shape index (κ3) is 3.43. The van der Waals surface area contributed by atoms with Gasteiger partial charge in [0.05, 0.1) is 19.7 Å². The fraction of sp³-hybridized carbons (Fsp3) is 0.318. The van der Waals surface area contributed by atoms with E-state index in [1.165, 1.54) is 16.7 Å². The minimum absolute atomic E-state index is 0.0966. The van der Waals surface area contributed by atoms with Gasteiger partial charge in [-0.1, -0.05) is 35.9 Å². The Labute approximate surface area is 160 Å². The van der Waals surface area contributed by atoms with Crippen LogP contribution in [0.1, 0.15) is 34.7 Å². The van der Waals surface area contributed by atoms with Crippen LogP contribution in [0, 0.1) is 13.8 Å². The molecule has 2 unspecified atom stereocenters. The summed E-state index contributed by atoms with van der Waals surface area (Å²) in [7, 11) is 1.67. The lowest BCUT2D eigenvalue weighted by Gasteiger charge is -2.32. The summed E-state index contributed by atoms with van der Waals surface area (Å²) in [6.45, 7) is 4.78. The number of hydrogen-bond donors (Lipinski definition) is 1. The number of nitrogens with one attached hydrogen (secondary N) is 1. The van der Waals surface area contributed by atoms with Crippen LogP contribution in [-0.2, 0) is 11.3 Å². The summed E-state index contributed by atoms with van der Waals surface area (Å²) in [5.74, 6) is 0.967. The first-order valence-electron chi connectivity index (χ1n) is 9.28. The Bertz CT molecular complexity index is 893. The van der Waals surface area contributed by atoms with Crippen molar-refractivity contribution in [3.05, 3.63) is 77.1 Å². The van der Waals surface area contributed by atoms with E-state index in [1.807, 2.05) is 40.5 Å². The molecular weight excluding hydrogens is 338 g/mol. The van der Waals surface area contributed by atoms with Gasteiger partial charge in [0.1, 0.15) is 11.8 Å². The van der Waals surface area contributed by atoms with Gasteiger partial charge in [0.15, 0.2) is 0 Å². The molecule has 1 amide bonds. The van der Waals surface area contributed by atoms with Crippen molar-refractivity contribution in [3.63, 3.8) is 0 Å². The quantitative estimate of drug-likeness (QED) is 0.904. The average Bonchev–Trinajstić information content (AvgIpc) is 3.12. The molecule has 5 nitrogen and oxygen atoms in total. The predicted octanol–water partition coefficient (Wildman–Crippen LogP) is 3.45. The van der Waals surface area contributed by atoms with Gasteiger partial charge in [0.2, 0.25) is 0 Å². The second kappa shape index (κ2) is 7.08. The summed E-state index contributed by atoms with van der Waals surface area (Å²) < 4.78 is 5.33. The zero-order valence-corrected chi connectivity index (χ0v) is 16.0. The van der Waals surface area contributed by atoms with Gasteiger partial charge in [0.25, 0.3) is 5.91 Å². The van der Waals surface area contributed by atoms with Crippen LogP contribution in [0.4, 0.5) is 0 Å². The molecule has 0 spiro atoms. The molecule has 140 valence electrons. The molecule has 2 heterocycles. The van der Waals surface area contributed by atoms with E-state index in [9.17, 15) is 4.79 Å². The van der Waals surface area contributed by atoms with Crippen LogP contribution >= 0.6 is 0 Å². The Kier molecular flexibility index (Phi) is 4.62. The SMILES string of the molecule is COc1cccc(C2CC3C(=O)N(Cc4cc(C)ccc4C)C=CN3N2)c1. The number of fused-ring (bicyclic) bond motifs is 1. The van der Waals surface area contributed by atoms with Gasteiger partial charge in [-0.25, -0.2) is 5.43 Å². The zero-order chi connectivity index (χ0) is 19.0. The number of ether oxygens (including phenoxy) is 1. The normalized spacial score (nSPS) is 21.5. The molecule has 2 atom stereocenters. The Balaban J connectivity index is 1.50. The summed E-state index contributed by atoms with van der Waals surface area (Å²) in [5.41, 5.74) is 8.19. The Morgan fingerprint density at radius 1 is 1.15 bits per heavy atom.